The Bertz CT molecular complexity index is 331. The molecule has 5 heteroatoms. The molecule has 0 fully saturated rings. The Morgan fingerprint density at radius 2 is 2.29 bits per heavy atom. The second-order valence-electron chi connectivity index (χ2n) is 3.41. The van der Waals surface area contributed by atoms with Gasteiger partial charge in [-0.05, 0) is 5.92 Å². The summed E-state index contributed by atoms with van der Waals surface area (Å²) in [5.41, 5.74) is 5.54. The maximum Gasteiger partial charge on any atom is 0.360 e. The van der Waals surface area contributed by atoms with Gasteiger partial charge in [-0.25, -0.2) is 4.79 Å². The number of carbonyl (C=O) groups is 1. The van der Waals surface area contributed by atoms with Crippen LogP contribution in [-0.4, -0.2) is 18.1 Å². The second kappa shape index (κ2) is 4.13. The van der Waals surface area contributed by atoms with Crippen LogP contribution in [0.3, 0.4) is 0 Å². The third kappa shape index (κ3) is 2.25. The van der Waals surface area contributed by atoms with Crippen molar-refractivity contribution in [2.75, 3.05) is 12.8 Å². The van der Waals surface area contributed by atoms with Gasteiger partial charge in [0.25, 0.3) is 6.01 Å². The first-order chi connectivity index (χ1) is 6.54. The summed E-state index contributed by atoms with van der Waals surface area (Å²) in [4.78, 5) is 15.0. The van der Waals surface area contributed by atoms with Crippen molar-refractivity contribution in [3.63, 3.8) is 0 Å². The molecular weight excluding hydrogens is 184 g/mol. The average Bonchev–Trinajstić information content (AvgIpc) is 2.44. The third-order valence-electron chi connectivity index (χ3n) is 1.69. The fraction of sp³-hybridized carbons (Fsp3) is 0.556. The van der Waals surface area contributed by atoms with E-state index in [1.165, 1.54) is 7.11 Å². The highest BCUT2D eigenvalue weighted by atomic mass is 16.5. The Hall–Kier alpha value is -1.52. The number of rotatable bonds is 3. The van der Waals surface area contributed by atoms with Gasteiger partial charge in [0.05, 0.1) is 7.11 Å². The summed E-state index contributed by atoms with van der Waals surface area (Å²) in [7, 11) is 1.30. The lowest BCUT2D eigenvalue weighted by atomic mass is 10.1. The number of ether oxygens (including phenoxy) is 1. The lowest BCUT2D eigenvalue weighted by molar-refractivity contribution is 0.0592. The van der Waals surface area contributed by atoms with Crippen molar-refractivity contribution in [2.45, 2.75) is 20.3 Å². The van der Waals surface area contributed by atoms with Crippen molar-refractivity contribution >= 4 is 12.0 Å². The van der Waals surface area contributed by atoms with Crippen LogP contribution < -0.4 is 5.73 Å². The second-order valence-corrected chi connectivity index (χ2v) is 3.41. The molecule has 0 unspecified atom stereocenters. The quantitative estimate of drug-likeness (QED) is 0.739. The minimum atomic E-state index is -0.513. The molecule has 78 valence electrons. The van der Waals surface area contributed by atoms with Crippen molar-refractivity contribution in [3.8, 4) is 0 Å². The van der Waals surface area contributed by atoms with Crippen LogP contribution in [0, 0.1) is 5.92 Å². The van der Waals surface area contributed by atoms with Gasteiger partial charge in [-0.1, -0.05) is 13.8 Å². The average molecular weight is 198 g/mol. The number of esters is 1. The summed E-state index contributed by atoms with van der Waals surface area (Å²) in [6.07, 6.45) is 0.620. The molecule has 1 rings (SSSR count). The molecule has 0 atom stereocenters. The van der Waals surface area contributed by atoms with Crippen molar-refractivity contribution in [1.82, 2.24) is 4.98 Å². The molecule has 0 saturated carbocycles. The monoisotopic (exact) mass is 198 g/mol. The number of nitrogen functional groups attached to an aromatic ring is 1. The number of aromatic nitrogens is 1. The maximum atomic E-state index is 11.2. The molecule has 0 radical (unpaired) electrons. The van der Waals surface area contributed by atoms with Crippen LogP contribution in [0.15, 0.2) is 4.42 Å². The molecule has 0 aromatic carbocycles. The summed E-state index contributed by atoms with van der Waals surface area (Å²) in [5.74, 6) is 0.344. The van der Waals surface area contributed by atoms with E-state index in [-0.39, 0.29) is 11.7 Å². The predicted octanol–water partition coefficient (Wildman–Crippen LogP) is 1.24. The predicted molar refractivity (Wildman–Crippen MR) is 50.8 cm³/mol. The number of hydrogen-bond donors (Lipinski definition) is 1. The van der Waals surface area contributed by atoms with Crippen molar-refractivity contribution in [3.05, 3.63) is 11.5 Å². The zero-order valence-corrected chi connectivity index (χ0v) is 8.53. The Morgan fingerprint density at radius 3 is 2.79 bits per heavy atom. The van der Waals surface area contributed by atoms with Gasteiger partial charge in [0, 0.05) is 6.42 Å². The van der Waals surface area contributed by atoms with Crippen LogP contribution in [0.4, 0.5) is 6.01 Å². The van der Waals surface area contributed by atoms with E-state index in [2.05, 4.69) is 9.72 Å². The van der Waals surface area contributed by atoms with Gasteiger partial charge >= 0.3 is 5.97 Å². The number of carbonyl (C=O) groups excluding carboxylic acids is 1. The lowest BCUT2D eigenvalue weighted by Gasteiger charge is -2.01. The number of hydrogen-bond acceptors (Lipinski definition) is 5. The first-order valence-electron chi connectivity index (χ1n) is 4.38. The van der Waals surface area contributed by atoms with Crippen LogP contribution in [0.1, 0.15) is 30.1 Å². The van der Waals surface area contributed by atoms with Gasteiger partial charge in [-0.2, -0.15) is 4.98 Å². The van der Waals surface area contributed by atoms with Crippen LogP contribution in [0.2, 0.25) is 0 Å². The molecule has 0 aliphatic rings. The highest BCUT2D eigenvalue weighted by Gasteiger charge is 2.20. The Balaban J connectivity index is 2.96. The summed E-state index contributed by atoms with van der Waals surface area (Å²) in [6.45, 7) is 4.03. The summed E-state index contributed by atoms with van der Waals surface area (Å²) in [6, 6.07) is 0.000972. The van der Waals surface area contributed by atoms with Crippen LogP contribution >= 0.6 is 0 Å². The van der Waals surface area contributed by atoms with Gasteiger partial charge in [0.15, 0.2) is 5.69 Å². The molecule has 1 heterocycles. The summed E-state index contributed by atoms with van der Waals surface area (Å²) >= 11 is 0. The summed E-state index contributed by atoms with van der Waals surface area (Å²) in [5, 5.41) is 0. The highest BCUT2D eigenvalue weighted by molar-refractivity contribution is 5.88. The van der Waals surface area contributed by atoms with Gasteiger partial charge in [-0.15, -0.1) is 0 Å². The van der Waals surface area contributed by atoms with E-state index in [4.69, 9.17) is 10.2 Å². The number of methoxy groups -OCH3 is 1. The summed E-state index contributed by atoms with van der Waals surface area (Å²) < 4.78 is 9.67. The molecule has 0 bridgehead atoms. The first-order valence-corrected chi connectivity index (χ1v) is 4.38. The number of nitrogens with zero attached hydrogens (tertiary/aromatic N) is 1. The van der Waals surface area contributed by atoms with Crippen molar-refractivity contribution in [1.29, 1.82) is 0 Å². The molecule has 0 amide bonds. The molecular formula is C9H14N2O3. The van der Waals surface area contributed by atoms with Crippen LogP contribution in [0.5, 0.6) is 0 Å². The fourth-order valence-corrected chi connectivity index (χ4v) is 1.14. The van der Waals surface area contributed by atoms with E-state index < -0.39 is 5.97 Å². The zero-order chi connectivity index (χ0) is 10.7. The van der Waals surface area contributed by atoms with Crippen LogP contribution in [0.25, 0.3) is 0 Å². The SMILES string of the molecule is COC(=O)c1nc(N)oc1CC(C)C. The van der Waals surface area contributed by atoms with E-state index >= 15 is 0 Å². The lowest BCUT2D eigenvalue weighted by Crippen LogP contribution is -2.06. The zero-order valence-electron chi connectivity index (χ0n) is 8.53. The Labute approximate surface area is 82.2 Å². The number of oxazole rings is 1. The van der Waals surface area contributed by atoms with Crippen LogP contribution in [-0.2, 0) is 11.2 Å². The molecule has 14 heavy (non-hydrogen) atoms. The normalized spacial score (nSPS) is 10.6. The topological polar surface area (TPSA) is 78.3 Å². The standard InChI is InChI=1S/C9H14N2O3/c1-5(2)4-6-7(8(12)13-3)11-9(10)14-6/h5H,4H2,1-3H3,(H2,10,11). The molecule has 0 spiro atoms. The molecule has 0 aliphatic heterocycles. The smallest absolute Gasteiger partial charge is 0.360 e. The van der Waals surface area contributed by atoms with Gasteiger partial charge in [0.2, 0.25) is 0 Å². The first kappa shape index (κ1) is 10.6. The maximum absolute atomic E-state index is 11.2. The molecule has 0 saturated heterocycles. The van der Waals surface area contributed by atoms with E-state index in [0.717, 1.165) is 0 Å². The highest BCUT2D eigenvalue weighted by Crippen LogP contribution is 2.17. The van der Waals surface area contributed by atoms with E-state index in [1.807, 2.05) is 13.8 Å². The number of nitrogens with two attached hydrogens (primary N) is 1. The Kier molecular flexibility index (Phi) is 3.11. The van der Waals surface area contributed by atoms with Gasteiger partial charge in [0.1, 0.15) is 5.76 Å². The van der Waals surface area contributed by atoms with Crippen molar-refractivity contribution in [2.24, 2.45) is 5.92 Å². The Morgan fingerprint density at radius 1 is 1.64 bits per heavy atom. The van der Waals surface area contributed by atoms with Gasteiger partial charge in [-0.3, -0.25) is 0 Å². The fourth-order valence-electron chi connectivity index (χ4n) is 1.14. The van der Waals surface area contributed by atoms with Crippen molar-refractivity contribution < 1.29 is 13.9 Å². The minimum absolute atomic E-state index is 0.000972. The van der Waals surface area contributed by atoms with E-state index in [9.17, 15) is 4.79 Å². The molecule has 5 nitrogen and oxygen atoms in total. The minimum Gasteiger partial charge on any atom is -0.464 e. The molecule has 0 aliphatic carbocycles. The van der Waals surface area contributed by atoms with Gasteiger partial charge < -0.3 is 14.9 Å². The van der Waals surface area contributed by atoms with E-state index in [0.29, 0.717) is 18.1 Å². The molecule has 2 N–H and O–H groups in total. The third-order valence-corrected chi connectivity index (χ3v) is 1.69. The largest absolute Gasteiger partial charge is 0.464 e. The molecule has 1 aromatic heterocycles. The number of anilines is 1. The van der Waals surface area contributed by atoms with E-state index in [1.54, 1.807) is 0 Å². The molecule has 1 aromatic rings.